The van der Waals surface area contributed by atoms with E-state index in [0.29, 0.717) is 24.0 Å². The average Bonchev–Trinajstić information content (AvgIpc) is 2.29. The molecule has 1 aliphatic rings. The van der Waals surface area contributed by atoms with Crippen molar-refractivity contribution in [1.29, 1.82) is 0 Å². The van der Waals surface area contributed by atoms with Crippen LogP contribution in [0.25, 0.3) is 0 Å². The summed E-state index contributed by atoms with van der Waals surface area (Å²) in [5, 5.41) is 0.688. The fraction of sp³-hybridized carbons (Fsp3) is 0.538. The van der Waals surface area contributed by atoms with Crippen molar-refractivity contribution in [2.75, 3.05) is 19.6 Å². The molecule has 1 aromatic rings. The molecule has 1 heterocycles. The topological polar surface area (TPSA) is 3.24 Å². The van der Waals surface area contributed by atoms with E-state index in [1.165, 1.54) is 10.5 Å². The maximum absolute atomic E-state index is 12.2. The number of likely N-dealkylation sites (tertiary alicyclic amines) is 1. The first-order valence-corrected chi connectivity index (χ1v) is 6.36. The van der Waals surface area contributed by atoms with Crippen LogP contribution in [0, 0.1) is 0 Å². The maximum Gasteiger partial charge on any atom is 0.401 e. The maximum atomic E-state index is 12.2. The van der Waals surface area contributed by atoms with Gasteiger partial charge in [-0.05, 0) is 49.5 Å². The fourth-order valence-corrected chi connectivity index (χ4v) is 2.54. The molecule has 18 heavy (non-hydrogen) atoms. The van der Waals surface area contributed by atoms with Gasteiger partial charge in [-0.3, -0.25) is 4.90 Å². The Labute approximate surface area is 110 Å². The third-order valence-electron chi connectivity index (χ3n) is 3.33. The van der Waals surface area contributed by atoms with Crippen LogP contribution in [-0.4, -0.2) is 30.7 Å². The summed E-state index contributed by atoms with van der Waals surface area (Å²) in [5.74, 6) is 0.353. The summed E-state index contributed by atoms with van der Waals surface area (Å²) in [4.78, 5) is 1.48. The molecule has 0 saturated carbocycles. The second-order valence-corrected chi connectivity index (χ2v) is 5.15. The molecule has 5 heteroatoms. The Kier molecular flexibility index (Phi) is 4.17. The number of rotatable bonds is 2. The lowest BCUT2D eigenvalue weighted by Gasteiger charge is -2.32. The van der Waals surface area contributed by atoms with Crippen LogP contribution in [0.4, 0.5) is 13.2 Å². The van der Waals surface area contributed by atoms with E-state index >= 15 is 0 Å². The van der Waals surface area contributed by atoms with Crippen molar-refractivity contribution in [2.45, 2.75) is 24.9 Å². The van der Waals surface area contributed by atoms with Gasteiger partial charge in [0.05, 0.1) is 6.54 Å². The van der Waals surface area contributed by atoms with E-state index in [0.717, 1.165) is 12.8 Å². The second-order valence-electron chi connectivity index (χ2n) is 4.72. The van der Waals surface area contributed by atoms with Crippen LogP contribution in [0.2, 0.25) is 5.02 Å². The zero-order chi connectivity index (χ0) is 13.2. The number of hydrogen-bond donors (Lipinski definition) is 0. The van der Waals surface area contributed by atoms with Crippen molar-refractivity contribution >= 4 is 11.6 Å². The summed E-state index contributed by atoms with van der Waals surface area (Å²) in [6.07, 6.45) is -2.54. The first kappa shape index (κ1) is 13.7. The molecule has 0 radical (unpaired) electrons. The Morgan fingerprint density at radius 2 is 1.67 bits per heavy atom. The molecule has 1 fully saturated rings. The minimum absolute atomic E-state index is 0.353. The molecule has 0 amide bonds. The summed E-state index contributed by atoms with van der Waals surface area (Å²) in [5.41, 5.74) is 1.17. The smallest absolute Gasteiger partial charge is 0.295 e. The first-order valence-electron chi connectivity index (χ1n) is 5.98. The number of piperidine rings is 1. The molecule has 1 nitrogen and oxygen atoms in total. The van der Waals surface area contributed by atoms with Gasteiger partial charge in [-0.15, -0.1) is 0 Å². The zero-order valence-electron chi connectivity index (χ0n) is 9.88. The zero-order valence-corrected chi connectivity index (χ0v) is 10.6. The van der Waals surface area contributed by atoms with Gasteiger partial charge in [0.1, 0.15) is 0 Å². The molecule has 0 aliphatic carbocycles. The second kappa shape index (κ2) is 5.49. The lowest BCUT2D eigenvalue weighted by molar-refractivity contribution is -0.147. The van der Waals surface area contributed by atoms with Crippen LogP contribution in [0.5, 0.6) is 0 Å². The molecular formula is C13H15ClF3N. The summed E-state index contributed by atoms with van der Waals surface area (Å²) < 4.78 is 36.7. The summed E-state index contributed by atoms with van der Waals surface area (Å²) in [6.45, 7) is 0.222. The molecule has 0 aromatic heterocycles. The minimum atomic E-state index is -4.09. The molecule has 1 saturated heterocycles. The Morgan fingerprint density at radius 1 is 1.11 bits per heavy atom. The number of halogens is 4. The monoisotopic (exact) mass is 277 g/mol. The van der Waals surface area contributed by atoms with Gasteiger partial charge in [0, 0.05) is 5.02 Å². The van der Waals surface area contributed by atoms with Crippen LogP contribution < -0.4 is 0 Å². The van der Waals surface area contributed by atoms with Gasteiger partial charge in [0.2, 0.25) is 0 Å². The van der Waals surface area contributed by atoms with Gasteiger partial charge < -0.3 is 0 Å². The molecule has 1 aliphatic heterocycles. The molecule has 1 aromatic carbocycles. The van der Waals surface area contributed by atoms with Crippen molar-refractivity contribution in [3.05, 3.63) is 34.9 Å². The fourth-order valence-electron chi connectivity index (χ4n) is 2.41. The van der Waals surface area contributed by atoms with Crippen LogP contribution in [-0.2, 0) is 0 Å². The number of hydrogen-bond acceptors (Lipinski definition) is 1. The molecule has 100 valence electrons. The van der Waals surface area contributed by atoms with E-state index in [2.05, 4.69) is 0 Å². The van der Waals surface area contributed by atoms with Crippen LogP contribution in [0.15, 0.2) is 24.3 Å². The van der Waals surface area contributed by atoms with Crippen LogP contribution in [0.1, 0.15) is 24.3 Å². The number of benzene rings is 1. The van der Waals surface area contributed by atoms with Crippen molar-refractivity contribution < 1.29 is 13.2 Å². The molecule has 0 N–H and O–H groups in total. The molecule has 0 spiro atoms. The lowest BCUT2D eigenvalue weighted by atomic mass is 9.89. The van der Waals surface area contributed by atoms with Gasteiger partial charge in [-0.1, -0.05) is 23.7 Å². The molecule has 0 atom stereocenters. The predicted molar refractivity (Wildman–Crippen MR) is 65.9 cm³/mol. The standard InChI is InChI=1S/C13H15ClF3N/c14-12-3-1-10(2-4-12)11-5-7-18(8-6-11)9-13(15,16)17/h1-4,11H,5-9H2. The third kappa shape index (κ3) is 3.89. The Bertz CT molecular complexity index is 380. The van der Waals surface area contributed by atoms with Gasteiger partial charge in [-0.25, -0.2) is 0 Å². The highest BCUT2D eigenvalue weighted by molar-refractivity contribution is 6.30. The summed E-state index contributed by atoms with van der Waals surface area (Å²) in [6, 6.07) is 7.59. The molecular weight excluding hydrogens is 263 g/mol. The predicted octanol–water partition coefficient (Wildman–Crippen LogP) is 4.08. The number of alkyl halides is 3. The Balaban J connectivity index is 1.88. The van der Waals surface area contributed by atoms with E-state index in [9.17, 15) is 13.2 Å². The largest absolute Gasteiger partial charge is 0.401 e. The lowest BCUT2D eigenvalue weighted by Crippen LogP contribution is -2.39. The quantitative estimate of drug-likeness (QED) is 0.787. The van der Waals surface area contributed by atoms with Gasteiger partial charge >= 0.3 is 6.18 Å². The van der Waals surface area contributed by atoms with E-state index in [4.69, 9.17) is 11.6 Å². The highest BCUT2D eigenvalue weighted by Crippen LogP contribution is 2.30. The highest BCUT2D eigenvalue weighted by Gasteiger charge is 2.32. The summed E-state index contributed by atoms with van der Waals surface area (Å²) in [7, 11) is 0. The highest BCUT2D eigenvalue weighted by atomic mass is 35.5. The van der Waals surface area contributed by atoms with E-state index in [1.54, 1.807) is 0 Å². The van der Waals surface area contributed by atoms with Gasteiger partial charge in [-0.2, -0.15) is 13.2 Å². The first-order chi connectivity index (χ1) is 8.44. The molecule has 2 rings (SSSR count). The molecule has 0 unspecified atom stereocenters. The minimum Gasteiger partial charge on any atom is -0.295 e. The van der Waals surface area contributed by atoms with E-state index in [1.807, 2.05) is 24.3 Å². The summed E-state index contributed by atoms with van der Waals surface area (Å²) >= 11 is 5.81. The van der Waals surface area contributed by atoms with E-state index < -0.39 is 12.7 Å². The van der Waals surface area contributed by atoms with Crippen molar-refractivity contribution in [2.24, 2.45) is 0 Å². The average molecular weight is 278 g/mol. The molecule has 0 bridgehead atoms. The van der Waals surface area contributed by atoms with Gasteiger partial charge in [0.25, 0.3) is 0 Å². The normalized spacial score (nSPS) is 19.1. The third-order valence-corrected chi connectivity index (χ3v) is 3.58. The Hall–Kier alpha value is -0.740. The van der Waals surface area contributed by atoms with Crippen LogP contribution in [0.3, 0.4) is 0 Å². The van der Waals surface area contributed by atoms with Crippen molar-refractivity contribution in [1.82, 2.24) is 4.90 Å². The van der Waals surface area contributed by atoms with E-state index in [-0.39, 0.29) is 0 Å². The Morgan fingerprint density at radius 3 is 2.17 bits per heavy atom. The van der Waals surface area contributed by atoms with Crippen molar-refractivity contribution in [3.63, 3.8) is 0 Å². The van der Waals surface area contributed by atoms with Crippen molar-refractivity contribution in [3.8, 4) is 0 Å². The number of nitrogens with zero attached hydrogens (tertiary/aromatic N) is 1. The van der Waals surface area contributed by atoms with Crippen LogP contribution >= 0.6 is 11.6 Å². The SMILES string of the molecule is FC(F)(F)CN1CCC(c2ccc(Cl)cc2)CC1. The van der Waals surface area contributed by atoms with Gasteiger partial charge in [0.15, 0.2) is 0 Å².